The van der Waals surface area contributed by atoms with Crippen molar-refractivity contribution in [1.29, 1.82) is 0 Å². The highest BCUT2D eigenvalue weighted by Gasteiger charge is 2.18. The Bertz CT molecular complexity index is 682. The predicted molar refractivity (Wildman–Crippen MR) is 83.8 cm³/mol. The van der Waals surface area contributed by atoms with Crippen LogP contribution >= 0.6 is 11.3 Å². The third-order valence-electron chi connectivity index (χ3n) is 3.63. The zero-order chi connectivity index (χ0) is 15.5. The average molecular weight is 319 g/mol. The molecule has 2 heterocycles. The molecule has 1 aromatic heterocycles. The van der Waals surface area contributed by atoms with E-state index >= 15 is 0 Å². The van der Waals surface area contributed by atoms with Crippen molar-refractivity contribution in [2.75, 3.05) is 12.1 Å². The van der Waals surface area contributed by atoms with E-state index in [4.69, 9.17) is 9.47 Å². The van der Waals surface area contributed by atoms with Gasteiger partial charge >= 0.3 is 0 Å². The van der Waals surface area contributed by atoms with Gasteiger partial charge in [0, 0.05) is 11.5 Å². The summed E-state index contributed by atoms with van der Waals surface area (Å²) in [6, 6.07) is 5.10. The van der Waals surface area contributed by atoms with E-state index in [0.717, 1.165) is 17.8 Å². The van der Waals surface area contributed by atoms with Crippen LogP contribution in [0.15, 0.2) is 18.2 Å². The van der Waals surface area contributed by atoms with Gasteiger partial charge in [0.1, 0.15) is 5.01 Å². The van der Waals surface area contributed by atoms with Crippen molar-refractivity contribution >= 4 is 22.4 Å². The molecule has 0 bridgehead atoms. The highest BCUT2D eigenvalue weighted by Crippen LogP contribution is 2.33. The van der Waals surface area contributed by atoms with E-state index in [0.29, 0.717) is 28.1 Å². The molecule has 6 nitrogen and oxygen atoms in total. The van der Waals surface area contributed by atoms with Crippen LogP contribution in [-0.2, 0) is 0 Å². The first kappa shape index (κ1) is 14.8. The maximum Gasteiger partial charge on any atom is 0.257 e. The molecule has 1 aliphatic rings. The molecule has 0 spiro atoms. The van der Waals surface area contributed by atoms with Gasteiger partial charge in [-0.2, -0.15) is 0 Å². The molecule has 0 saturated heterocycles. The SMILES string of the molecule is CCC(CC)c1nnc(NC(=O)c2ccc3c(c2)OCO3)s1. The summed E-state index contributed by atoms with van der Waals surface area (Å²) in [5, 5.41) is 12.5. The van der Waals surface area contributed by atoms with E-state index in [1.54, 1.807) is 18.2 Å². The Balaban J connectivity index is 1.72. The highest BCUT2D eigenvalue weighted by molar-refractivity contribution is 7.15. The van der Waals surface area contributed by atoms with Crippen molar-refractivity contribution < 1.29 is 14.3 Å². The predicted octanol–water partition coefficient (Wildman–Crippen LogP) is 3.42. The first-order chi connectivity index (χ1) is 10.7. The lowest BCUT2D eigenvalue weighted by Gasteiger charge is -2.06. The van der Waals surface area contributed by atoms with Crippen molar-refractivity contribution in [3.63, 3.8) is 0 Å². The Morgan fingerprint density at radius 2 is 2.05 bits per heavy atom. The third kappa shape index (κ3) is 2.89. The van der Waals surface area contributed by atoms with E-state index in [-0.39, 0.29) is 12.7 Å². The number of carbonyl (C=O) groups is 1. The minimum absolute atomic E-state index is 0.190. The van der Waals surface area contributed by atoms with Gasteiger partial charge in [-0.1, -0.05) is 25.2 Å². The van der Waals surface area contributed by atoms with E-state index in [9.17, 15) is 4.79 Å². The summed E-state index contributed by atoms with van der Waals surface area (Å²) in [5.74, 6) is 1.41. The minimum atomic E-state index is -0.231. The van der Waals surface area contributed by atoms with Crippen LogP contribution in [0.5, 0.6) is 11.5 Å². The van der Waals surface area contributed by atoms with Gasteiger partial charge in [-0.3, -0.25) is 10.1 Å². The van der Waals surface area contributed by atoms with Gasteiger partial charge in [0.2, 0.25) is 11.9 Å². The zero-order valence-electron chi connectivity index (χ0n) is 12.5. The Labute approximate surface area is 132 Å². The highest BCUT2D eigenvalue weighted by atomic mass is 32.1. The van der Waals surface area contributed by atoms with Crippen LogP contribution in [0.2, 0.25) is 0 Å². The first-order valence-electron chi connectivity index (χ1n) is 7.25. The number of hydrogen-bond donors (Lipinski definition) is 1. The number of ether oxygens (including phenoxy) is 2. The fourth-order valence-electron chi connectivity index (χ4n) is 2.30. The summed E-state index contributed by atoms with van der Waals surface area (Å²) < 4.78 is 10.5. The van der Waals surface area contributed by atoms with Gasteiger partial charge in [0.25, 0.3) is 5.91 Å². The number of benzene rings is 1. The molecule has 0 atom stereocenters. The molecule has 1 amide bonds. The summed E-state index contributed by atoms with van der Waals surface area (Å²) in [7, 11) is 0. The smallest absolute Gasteiger partial charge is 0.257 e. The summed E-state index contributed by atoms with van der Waals surface area (Å²) in [6.07, 6.45) is 2.03. The molecule has 0 radical (unpaired) electrons. The summed E-state index contributed by atoms with van der Waals surface area (Å²) in [4.78, 5) is 12.3. The molecular formula is C15H17N3O3S. The Kier molecular flexibility index (Phi) is 4.24. The Hall–Kier alpha value is -2.15. The molecule has 0 saturated carbocycles. The largest absolute Gasteiger partial charge is 0.454 e. The van der Waals surface area contributed by atoms with Crippen molar-refractivity contribution in [2.45, 2.75) is 32.6 Å². The molecule has 0 aliphatic carbocycles. The van der Waals surface area contributed by atoms with Crippen LogP contribution in [0.25, 0.3) is 0 Å². The number of anilines is 1. The van der Waals surface area contributed by atoms with E-state index < -0.39 is 0 Å². The number of aromatic nitrogens is 2. The van der Waals surface area contributed by atoms with E-state index in [1.165, 1.54) is 11.3 Å². The quantitative estimate of drug-likeness (QED) is 0.914. The van der Waals surface area contributed by atoms with Crippen LogP contribution in [0.1, 0.15) is 48.0 Å². The van der Waals surface area contributed by atoms with Gasteiger partial charge in [-0.25, -0.2) is 0 Å². The second kappa shape index (κ2) is 6.31. The molecule has 7 heteroatoms. The molecule has 3 rings (SSSR count). The van der Waals surface area contributed by atoms with Crippen molar-refractivity contribution in [2.24, 2.45) is 0 Å². The molecule has 1 N–H and O–H groups in total. The van der Waals surface area contributed by atoms with Gasteiger partial charge in [-0.15, -0.1) is 10.2 Å². The molecule has 1 aromatic carbocycles. The maximum absolute atomic E-state index is 12.3. The molecular weight excluding hydrogens is 302 g/mol. The van der Waals surface area contributed by atoms with Gasteiger partial charge < -0.3 is 9.47 Å². The standard InChI is InChI=1S/C15H17N3O3S/c1-3-9(4-2)14-17-18-15(22-14)16-13(19)10-5-6-11-12(7-10)21-8-20-11/h5-7,9H,3-4,8H2,1-2H3,(H,16,18,19). The summed E-state index contributed by atoms with van der Waals surface area (Å²) in [5.41, 5.74) is 0.503. The number of nitrogens with one attached hydrogen (secondary N) is 1. The van der Waals surface area contributed by atoms with Crippen molar-refractivity contribution in [3.8, 4) is 11.5 Å². The number of amides is 1. The molecule has 22 heavy (non-hydrogen) atoms. The Morgan fingerprint density at radius 3 is 2.82 bits per heavy atom. The number of rotatable bonds is 5. The fourth-order valence-corrected chi connectivity index (χ4v) is 3.30. The lowest BCUT2D eigenvalue weighted by atomic mass is 10.1. The minimum Gasteiger partial charge on any atom is -0.454 e. The van der Waals surface area contributed by atoms with Crippen LogP contribution in [-0.4, -0.2) is 22.9 Å². The van der Waals surface area contributed by atoms with E-state index in [1.807, 2.05) is 0 Å². The van der Waals surface area contributed by atoms with Crippen molar-refractivity contribution in [3.05, 3.63) is 28.8 Å². The van der Waals surface area contributed by atoms with Gasteiger partial charge in [-0.05, 0) is 31.0 Å². The monoisotopic (exact) mass is 319 g/mol. The summed E-state index contributed by atoms with van der Waals surface area (Å²) in [6.45, 7) is 4.44. The van der Waals surface area contributed by atoms with Crippen LogP contribution in [0, 0.1) is 0 Å². The number of hydrogen-bond acceptors (Lipinski definition) is 6. The second-order valence-electron chi connectivity index (χ2n) is 4.98. The lowest BCUT2D eigenvalue weighted by molar-refractivity contribution is 0.102. The topological polar surface area (TPSA) is 73.3 Å². The zero-order valence-corrected chi connectivity index (χ0v) is 13.3. The third-order valence-corrected chi connectivity index (χ3v) is 4.63. The molecule has 0 fully saturated rings. The molecule has 0 unspecified atom stereocenters. The second-order valence-corrected chi connectivity index (χ2v) is 5.99. The normalized spacial score (nSPS) is 12.7. The first-order valence-corrected chi connectivity index (χ1v) is 8.07. The van der Waals surface area contributed by atoms with Crippen molar-refractivity contribution in [1.82, 2.24) is 10.2 Å². The maximum atomic E-state index is 12.3. The van der Waals surface area contributed by atoms with Crippen LogP contribution in [0.4, 0.5) is 5.13 Å². The molecule has 116 valence electrons. The number of carbonyl (C=O) groups excluding carboxylic acids is 1. The molecule has 1 aliphatic heterocycles. The Morgan fingerprint density at radius 1 is 1.27 bits per heavy atom. The fraction of sp³-hybridized carbons (Fsp3) is 0.400. The van der Waals surface area contributed by atoms with Crippen LogP contribution in [0.3, 0.4) is 0 Å². The van der Waals surface area contributed by atoms with Crippen LogP contribution < -0.4 is 14.8 Å². The van der Waals surface area contributed by atoms with E-state index in [2.05, 4.69) is 29.4 Å². The summed E-state index contributed by atoms with van der Waals surface area (Å²) >= 11 is 1.43. The van der Waals surface area contributed by atoms with Gasteiger partial charge in [0.05, 0.1) is 0 Å². The number of fused-ring (bicyclic) bond motifs is 1. The number of nitrogens with zero attached hydrogens (tertiary/aromatic N) is 2. The average Bonchev–Trinajstić information content (AvgIpc) is 3.17. The lowest BCUT2D eigenvalue weighted by Crippen LogP contribution is -2.11. The molecule has 2 aromatic rings. The van der Waals surface area contributed by atoms with Gasteiger partial charge in [0.15, 0.2) is 11.5 Å².